The quantitative estimate of drug-likeness (QED) is 0.698. The maximum absolute atomic E-state index is 12.7. The van der Waals surface area contributed by atoms with Crippen LogP contribution in [-0.2, 0) is 16.0 Å². The molecule has 1 saturated heterocycles. The molecule has 1 fully saturated rings. The highest BCUT2D eigenvalue weighted by molar-refractivity contribution is 5.95. The Morgan fingerprint density at radius 1 is 1.00 bits per heavy atom. The van der Waals surface area contributed by atoms with Crippen molar-refractivity contribution in [3.8, 4) is 5.69 Å². The molecule has 4 rings (SSSR count). The van der Waals surface area contributed by atoms with Gasteiger partial charge in [-0.2, -0.15) is 5.10 Å². The number of hydrogen-bond donors (Lipinski definition) is 1. The third kappa shape index (κ3) is 4.27. The van der Waals surface area contributed by atoms with Crippen LogP contribution >= 0.6 is 0 Å². The third-order valence-electron chi connectivity index (χ3n) is 5.24. The summed E-state index contributed by atoms with van der Waals surface area (Å²) >= 11 is 0. The Morgan fingerprint density at radius 3 is 2.33 bits per heavy atom. The Labute approximate surface area is 176 Å². The number of aryl methyl sites for hydroxylation is 3. The summed E-state index contributed by atoms with van der Waals surface area (Å²) in [6, 6.07) is 15.7. The summed E-state index contributed by atoms with van der Waals surface area (Å²) in [6.07, 6.45) is 1.76. The molecule has 0 unspecified atom stereocenters. The average molecular weight is 402 g/mol. The van der Waals surface area contributed by atoms with Crippen LogP contribution in [0.3, 0.4) is 0 Å². The molecule has 2 heterocycles. The lowest BCUT2D eigenvalue weighted by molar-refractivity contribution is -0.117. The number of amides is 2. The fraction of sp³-hybridized carbons (Fsp3) is 0.292. The third-order valence-corrected chi connectivity index (χ3v) is 5.24. The van der Waals surface area contributed by atoms with Gasteiger partial charge in [-0.15, -0.1) is 0 Å². The van der Waals surface area contributed by atoms with Crippen LogP contribution in [-0.4, -0.2) is 28.1 Å². The van der Waals surface area contributed by atoms with Gasteiger partial charge in [-0.1, -0.05) is 18.2 Å². The topological polar surface area (TPSA) is 67.2 Å². The monoisotopic (exact) mass is 402 g/mol. The molecule has 1 aliphatic heterocycles. The molecular weight excluding hydrogens is 376 g/mol. The number of nitrogens with zero attached hydrogens (tertiary/aromatic N) is 3. The molecule has 3 aromatic rings. The van der Waals surface area contributed by atoms with E-state index in [1.807, 2.05) is 63.2 Å². The Balaban J connectivity index is 1.47. The van der Waals surface area contributed by atoms with Gasteiger partial charge in [-0.3, -0.25) is 9.59 Å². The minimum Gasteiger partial charge on any atom is -0.312 e. The van der Waals surface area contributed by atoms with Crippen molar-refractivity contribution in [2.75, 3.05) is 16.8 Å². The van der Waals surface area contributed by atoms with E-state index in [2.05, 4.69) is 16.5 Å². The van der Waals surface area contributed by atoms with Gasteiger partial charge in [0, 0.05) is 24.7 Å². The van der Waals surface area contributed by atoms with Gasteiger partial charge in [0.1, 0.15) is 5.82 Å². The highest BCUT2D eigenvalue weighted by Gasteiger charge is 2.21. The second-order valence-electron chi connectivity index (χ2n) is 7.97. The van der Waals surface area contributed by atoms with E-state index in [9.17, 15) is 9.59 Å². The van der Waals surface area contributed by atoms with Crippen LogP contribution < -0.4 is 10.2 Å². The summed E-state index contributed by atoms with van der Waals surface area (Å²) in [5.74, 6) is 0.711. The number of hydrogen-bond acceptors (Lipinski definition) is 3. The van der Waals surface area contributed by atoms with E-state index in [0.29, 0.717) is 12.2 Å². The Morgan fingerprint density at radius 2 is 1.70 bits per heavy atom. The minimum absolute atomic E-state index is 0.106. The number of carbonyl (C=O) groups is 2. The highest BCUT2D eigenvalue weighted by atomic mass is 16.2. The molecular formula is C24H26N4O2. The van der Waals surface area contributed by atoms with Gasteiger partial charge in [-0.05, 0) is 68.1 Å². The lowest BCUT2D eigenvalue weighted by Gasteiger charge is -2.16. The van der Waals surface area contributed by atoms with Crippen molar-refractivity contribution in [3.05, 3.63) is 70.9 Å². The van der Waals surface area contributed by atoms with Gasteiger partial charge in [0.25, 0.3) is 0 Å². The van der Waals surface area contributed by atoms with Gasteiger partial charge < -0.3 is 10.2 Å². The van der Waals surface area contributed by atoms with Crippen LogP contribution in [0.2, 0.25) is 0 Å². The zero-order chi connectivity index (χ0) is 21.3. The number of aromatic nitrogens is 2. The summed E-state index contributed by atoms with van der Waals surface area (Å²) in [4.78, 5) is 26.4. The fourth-order valence-corrected chi connectivity index (χ4v) is 3.95. The van der Waals surface area contributed by atoms with Crippen molar-refractivity contribution in [1.82, 2.24) is 9.78 Å². The summed E-state index contributed by atoms with van der Waals surface area (Å²) in [7, 11) is 0. The Bertz CT molecular complexity index is 1080. The maximum Gasteiger partial charge on any atom is 0.229 e. The van der Waals surface area contributed by atoms with Crippen molar-refractivity contribution in [1.29, 1.82) is 0 Å². The first-order valence-corrected chi connectivity index (χ1v) is 10.2. The molecule has 0 atom stereocenters. The highest BCUT2D eigenvalue weighted by Crippen LogP contribution is 2.23. The molecule has 1 aliphatic rings. The zero-order valence-electron chi connectivity index (χ0n) is 17.6. The Hall–Kier alpha value is -3.41. The van der Waals surface area contributed by atoms with Crippen molar-refractivity contribution < 1.29 is 9.59 Å². The fourth-order valence-electron chi connectivity index (χ4n) is 3.95. The van der Waals surface area contributed by atoms with E-state index < -0.39 is 0 Å². The predicted octanol–water partition coefficient (Wildman–Crippen LogP) is 4.11. The van der Waals surface area contributed by atoms with E-state index in [0.717, 1.165) is 46.7 Å². The van der Waals surface area contributed by atoms with Gasteiger partial charge in [0.05, 0.1) is 17.8 Å². The molecule has 2 aromatic carbocycles. The molecule has 0 saturated carbocycles. The van der Waals surface area contributed by atoms with E-state index >= 15 is 0 Å². The van der Waals surface area contributed by atoms with Crippen molar-refractivity contribution in [3.63, 3.8) is 0 Å². The molecule has 154 valence electrons. The largest absolute Gasteiger partial charge is 0.312 e. The lowest BCUT2D eigenvalue weighted by Crippen LogP contribution is -2.23. The normalized spacial score (nSPS) is 13.7. The van der Waals surface area contributed by atoms with E-state index in [-0.39, 0.29) is 18.2 Å². The smallest absolute Gasteiger partial charge is 0.229 e. The van der Waals surface area contributed by atoms with Crippen molar-refractivity contribution in [2.45, 2.75) is 40.0 Å². The first-order valence-electron chi connectivity index (χ1n) is 10.2. The number of benzene rings is 2. The number of nitrogens with one attached hydrogen (secondary N) is 1. The molecule has 0 spiro atoms. The van der Waals surface area contributed by atoms with Crippen LogP contribution in [0.5, 0.6) is 0 Å². The van der Waals surface area contributed by atoms with Crippen LogP contribution in [0.15, 0.2) is 48.5 Å². The lowest BCUT2D eigenvalue weighted by atomic mass is 10.1. The summed E-state index contributed by atoms with van der Waals surface area (Å²) < 4.78 is 1.77. The molecule has 6 heteroatoms. The van der Waals surface area contributed by atoms with E-state index in [1.165, 1.54) is 0 Å². The number of carbonyl (C=O) groups excluding carboxylic acids is 2. The van der Waals surface area contributed by atoms with Gasteiger partial charge in [0.15, 0.2) is 0 Å². The van der Waals surface area contributed by atoms with Crippen LogP contribution in [0.1, 0.15) is 35.2 Å². The van der Waals surface area contributed by atoms with E-state index in [4.69, 9.17) is 0 Å². The molecule has 2 amide bonds. The molecule has 1 N–H and O–H groups in total. The number of rotatable bonds is 5. The molecule has 0 aliphatic carbocycles. The van der Waals surface area contributed by atoms with Gasteiger partial charge in [0.2, 0.25) is 11.8 Å². The molecule has 0 radical (unpaired) electrons. The predicted molar refractivity (Wildman–Crippen MR) is 118 cm³/mol. The van der Waals surface area contributed by atoms with Crippen LogP contribution in [0.4, 0.5) is 11.5 Å². The van der Waals surface area contributed by atoms with Crippen LogP contribution in [0.25, 0.3) is 5.69 Å². The van der Waals surface area contributed by atoms with Crippen molar-refractivity contribution in [2.24, 2.45) is 0 Å². The van der Waals surface area contributed by atoms with Gasteiger partial charge >= 0.3 is 0 Å². The first kappa shape index (κ1) is 19.9. The second-order valence-corrected chi connectivity index (χ2v) is 7.97. The molecule has 1 aromatic heterocycles. The van der Waals surface area contributed by atoms with Gasteiger partial charge in [-0.25, -0.2) is 4.68 Å². The standard InChI is InChI=1S/C24H26N4O2/c1-16-11-17(2)13-21(12-16)28-22(14-18(3)26-28)25-23(29)15-19-6-8-20(9-7-19)27-10-4-5-24(27)30/h6-9,11-14H,4-5,10,15H2,1-3H3,(H,25,29). The number of anilines is 2. The SMILES string of the molecule is Cc1cc(C)cc(-n2nc(C)cc2NC(=O)Cc2ccc(N3CCCC3=O)cc2)c1. The molecule has 6 nitrogen and oxygen atoms in total. The summed E-state index contributed by atoms with van der Waals surface area (Å²) in [5, 5.41) is 7.54. The van der Waals surface area contributed by atoms with E-state index in [1.54, 1.807) is 9.58 Å². The summed E-state index contributed by atoms with van der Waals surface area (Å²) in [6.45, 7) is 6.77. The Kier molecular flexibility index (Phi) is 5.40. The molecule has 30 heavy (non-hydrogen) atoms. The molecule has 0 bridgehead atoms. The summed E-state index contributed by atoms with van der Waals surface area (Å²) in [5.41, 5.74) is 5.85. The second kappa shape index (κ2) is 8.14. The van der Waals surface area contributed by atoms with Crippen LogP contribution in [0, 0.1) is 20.8 Å². The van der Waals surface area contributed by atoms with Crippen molar-refractivity contribution >= 4 is 23.3 Å². The minimum atomic E-state index is -0.106. The maximum atomic E-state index is 12.7. The zero-order valence-corrected chi connectivity index (χ0v) is 17.6. The first-order chi connectivity index (χ1) is 14.4. The average Bonchev–Trinajstić information content (AvgIpc) is 3.27.